The van der Waals surface area contributed by atoms with Crippen molar-refractivity contribution >= 4 is 12.6 Å². The number of hydrogen-bond acceptors (Lipinski definition) is 4. The van der Waals surface area contributed by atoms with Crippen molar-refractivity contribution in [3.05, 3.63) is 42.2 Å². The van der Waals surface area contributed by atoms with Gasteiger partial charge in [0.2, 0.25) is 0 Å². The minimum Gasteiger partial charge on any atom is -0.497 e. The monoisotopic (exact) mass is 232 g/mol. The van der Waals surface area contributed by atoms with Crippen LogP contribution >= 0.6 is 0 Å². The second kappa shape index (κ2) is 5.03. The van der Waals surface area contributed by atoms with Crippen molar-refractivity contribution in [3.8, 4) is 5.75 Å². The Labute approximate surface area is 99.4 Å². The van der Waals surface area contributed by atoms with Crippen LogP contribution in [0.2, 0.25) is 0 Å². The van der Waals surface area contributed by atoms with Crippen molar-refractivity contribution in [1.82, 2.24) is 9.78 Å². The molecule has 1 aromatic carbocycles. The highest BCUT2D eigenvalue weighted by Crippen LogP contribution is 2.12. The van der Waals surface area contributed by atoms with Gasteiger partial charge in [-0.3, -0.25) is 4.68 Å². The van der Waals surface area contributed by atoms with E-state index in [1.54, 1.807) is 36.2 Å². The zero-order valence-electron chi connectivity index (χ0n) is 9.45. The molecular formula is C11H13BN2O3. The second-order valence-electron chi connectivity index (χ2n) is 3.64. The molecule has 2 aromatic rings. The lowest BCUT2D eigenvalue weighted by atomic mass is 9.77. The maximum absolute atomic E-state index is 9.28. The van der Waals surface area contributed by atoms with Crippen LogP contribution in [0.3, 0.4) is 0 Å². The van der Waals surface area contributed by atoms with Gasteiger partial charge in [-0.2, -0.15) is 5.10 Å². The molecule has 6 heteroatoms. The Morgan fingerprint density at radius 3 is 2.82 bits per heavy atom. The summed E-state index contributed by atoms with van der Waals surface area (Å²) in [4.78, 5) is 0. The minimum atomic E-state index is -1.49. The van der Waals surface area contributed by atoms with Crippen molar-refractivity contribution < 1.29 is 14.8 Å². The molecule has 0 radical (unpaired) electrons. The van der Waals surface area contributed by atoms with Gasteiger partial charge in [0.05, 0.1) is 13.7 Å². The summed E-state index contributed by atoms with van der Waals surface area (Å²) >= 11 is 0. The summed E-state index contributed by atoms with van der Waals surface area (Å²) in [5.41, 5.74) is 1.23. The summed E-state index contributed by atoms with van der Waals surface area (Å²) in [5.74, 6) is 0.677. The van der Waals surface area contributed by atoms with E-state index in [0.29, 0.717) is 17.8 Å². The highest BCUT2D eigenvalue weighted by atomic mass is 16.5. The normalized spacial score (nSPS) is 10.3. The van der Waals surface area contributed by atoms with Gasteiger partial charge >= 0.3 is 7.12 Å². The summed E-state index contributed by atoms with van der Waals surface area (Å²) in [5, 5.41) is 22.6. The third-order valence-electron chi connectivity index (χ3n) is 2.52. The van der Waals surface area contributed by atoms with Crippen molar-refractivity contribution in [2.45, 2.75) is 6.54 Å². The summed E-state index contributed by atoms with van der Waals surface area (Å²) < 4.78 is 6.82. The summed E-state index contributed by atoms with van der Waals surface area (Å²) in [6, 6.07) is 6.93. The van der Waals surface area contributed by atoms with Crippen LogP contribution < -0.4 is 10.2 Å². The van der Waals surface area contributed by atoms with Crippen LogP contribution in [0.4, 0.5) is 0 Å². The third kappa shape index (κ3) is 2.66. The van der Waals surface area contributed by atoms with E-state index in [1.165, 1.54) is 0 Å². The molecule has 5 nitrogen and oxygen atoms in total. The van der Waals surface area contributed by atoms with E-state index in [0.717, 1.165) is 5.56 Å². The van der Waals surface area contributed by atoms with Crippen LogP contribution in [0, 0.1) is 0 Å². The molecule has 0 atom stereocenters. The van der Waals surface area contributed by atoms with E-state index in [4.69, 9.17) is 4.74 Å². The first kappa shape index (κ1) is 11.7. The fourth-order valence-corrected chi connectivity index (χ4v) is 1.67. The minimum absolute atomic E-state index is 0.460. The fourth-order valence-electron chi connectivity index (χ4n) is 1.67. The maximum Gasteiger partial charge on any atom is 0.488 e. The number of nitrogens with zero attached hydrogens (tertiary/aromatic N) is 2. The summed E-state index contributed by atoms with van der Waals surface area (Å²) in [6.07, 6.45) is 3.49. The number of benzene rings is 1. The Bertz CT molecular complexity index is 485. The van der Waals surface area contributed by atoms with E-state index in [-0.39, 0.29) is 0 Å². The van der Waals surface area contributed by atoms with E-state index < -0.39 is 7.12 Å². The number of ether oxygens (including phenoxy) is 1. The average molecular weight is 232 g/mol. The Kier molecular flexibility index (Phi) is 3.46. The summed E-state index contributed by atoms with van der Waals surface area (Å²) in [6.45, 7) is 0.469. The van der Waals surface area contributed by atoms with E-state index in [2.05, 4.69) is 5.10 Å². The molecule has 2 rings (SSSR count). The van der Waals surface area contributed by atoms with Crippen LogP contribution in [0.25, 0.3) is 0 Å². The lowest BCUT2D eigenvalue weighted by molar-refractivity contribution is 0.413. The smallest absolute Gasteiger partial charge is 0.488 e. The van der Waals surface area contributed by atoms with Gasteiger partial charge < -0.3 is 14.8 Å². The van der Waals surface area contributed by atoms with Crippen LogP contribution in [-0.2, 0) is 6.54 Å². The predicted molar refractivity (Wildman–Crippen MR) is 64.1 cm³/mol. The molecule has 0 aliphatic carbocycles. The highest BCUT2D eigenvalue weighted by molar-refractivity contribution is 6.59. The third-order valence-corrected chi connectivity index (χ3v) is 2.52. The van der Waals surface area contributed by atoms with Gasteiger partial charge in [0.1, 0.15) is 5.75 Å². The molecule has 1 aromatic heterocycles. The molecule has 0 spiro atoms. The van der Waals surface area contributed by atoms with Gasteiger partial charge in [-0.1, -0.05) is 6.07 Å². The Hall–Kier alpha value is -1.79. The van der Waals surface area contributed by atoms with Crippen molar-refractivity contribution in [1.29, 1.82) is 0 Å². The van der Waals surface area contributed by atoms with Gasteiger partial charge in [-0.15, -0.1) is 0 Å². The molecule has 0 amide bonds. The van der Waals surface area contributed by atoms with Crippen molar-refractivity contribution in [2.24, 2.45) is 0 Å². The molecule has 0 aliphatic rings. The number of hydrogen-bond donors (Lipinski definition) is 2. The first-order valence-corrected chi connectivity index (χ1v) is 5.21. The molecule has 0 unspecified atom stereocenters. The van der Waals surface area contributed by atoms with E-state index in [9.17, 15) is 10.0 Å². The lowest BCUT2D eigenvalue weighted by Gasteiger charge is -2.11. The molecule has 0 bridgehead atoms. The van der Waals surface area contributed by atoms with E-state index in [1.807, 2.05) is 12.3 Å². The van der Waals surface area contributed by atoms with Gasteiger partial charge in [-0.25, -0.2) is 0 Å². The standard InChI is InChI=1S/C11H13BN2O3/c1-17-10-3-4-11(12(15)16)9(7-10)8-14-6-2-5-13-14/h2-7,15-16H,8H2,1H3. The molecule has 1 heterocycles. The molecule has 88 valence electrons. The average Bonchev–Trinajstić information content (AvgIpc) is 2.81. The van der Waals surface area contributed by atoms with Crippen LogP contribution in [0.5, 0.6) is 5.75 Å². The molecule has 0 saturated carbocycles. The van der Waals surface area contributed by atoms with Gasteiger partial charge in [0, 0.05) is 12.4 Å². The predicted octanol–water partition coefficient (Wildman–Crippen LogP) is -0.380. The van der Waals surface area contributed by atoms with Crippen LogP contribution in [-0.4, -0.2) is 34.1 Å². The number of aromatic nitrogens is 2. The highest BCUT2D eigenvalue weighted by Gasteiger charge is 2.16. The van der Waals surface area contributed by atoms with Crippen molar-refractivity contribution in [2.75, 3.05) is 7.11 Å². The Morgan fingerprint density at radius 2 is 2.24 bits per heavy atom. The molecule has 0 saturated heterocycles. The SMILES string of the molecule is COc1ccc(B(O)O)c(Cn2cccn2)c1. The molecular weight excluding hydrogens is 219 g/mol. The van der Waals surface area contributed by atoms with E-state index >= 15 is 0 Å². The molecule has 2 N–H and O–H groups in total. The quantitative estimate of drug-likeness (QED) is 0.705. The molecule has 0 fully saturated rings. The maximum atomic E-state index is 9.28. The zero-order valence-corrected chi connectivity index (χ0v) is 9.45. The van der Waals surface area contributed by atoms with Gasteiger partial charge in [-0.05, 0) is 29.2 Å². The Balaban J connectivity index is 2.34. The van der Waals surface area contributed by atoms with Crippen LogP contribution in [0.1, 0.15) is 5.56 Å². The first-order chi connectivity index (χ1) is 8.20. The number of methoxy groups -OCH3 is 1. The fraction of sp³-hybridized carbons (Fsp3) is 0.182. The largest absolute Gasteiger partial charge is 0.497 e. The number of rotatable bonds is 4. The van der Waals surface area contributed by atoms with Gasteiger partial charge in [0.15, 0.2) is 0 Å². The molecule has 0 aliphatic heterocycles. The molecule has 17 heavy (non-hydrogen) atoms. The zero-order chi connectivity index (χ0) is 12.3. The second-order valence-corrected chi connectivity index (χ2v) is 3.64. The van der Waals surface area contributed by atoms with Crippen molar-refractivity contribution in [3.63, 3.8) is 0 Å². The topological polar surface area (TPSA) is 67.5 Å². The van der Waals surface area contributed by atoms with Gasteiger partial charge in [0.25, 0.3) is 0 Å². The lowest BCUT2D eigenvalue weighted by Crippen LogP contribution is -2.33. The summed E-state index contributed by atoms with van der Waals surface area (Å²) in [7, 11) is 0.0775. The Morgan fingerprint density at radius 1 is 1.41 bits per heavy atom. The van der Waals surface area contributed by atoms with Crippen LogP contribution in [0.15, 0.2) is 36.7 Å². The first-order valence-electron chi connectivity index (χ1n) is 5.21.